The van der Waals surface area contributed by atoms with Gasteiger partial charge in [-0.25, -0.2) is 0 Å². The SMILES string of the molecule is CCC(=O)CCCCF. The third-order valence-corrected chi connectivity index (χ3v) is 1.23. The quantitative estimate of drug-likeness (QED) is 0.523. The fourth-order valence-electron chi connectivity index (χ4n) is 0.593. The molecule has 0 heterocycles. The van der Waals surface area contributed by atoms with Crippen molar-refractivity contribution in [2.24, 2.45) is 0 Å². The predicted octanol–water partition coefficient (Wildman–Crippen LogP) is 2.11. The molecule has 54 valence electrons. The minimum atomic E-state index is -0.295. The van der Waals surface area contributed by atoms with Crippen molar-refractivity contribution in [3.8, 4) is 0 Å². The molecule has 0 bridgehead atoms. The molecule has 0 spiro atoms. The molecule has 0 amide bonds. The number of ketones is 1. The highest BCUT2D eigenvalue weighted by Crippen LogP contribution is 1.98. The lowest BCUT2D eigenvalue weighted by atomic mass is 10.1. The Morgan fingerprint density at radius 2 is 2.11 bits per heavy atom. The van der Waals surface area contributed by atoms with Crippen molar-refractivity contribution >= 4 is 5.78 Å². The van der Waals surface area contributed by atoms with Gasteiger partial charge in [-0.2, -0.15) is 0 Å². The minimum Gasteiger partial charge on any atom is -0.300 e. The molecule has 0 radical (unpaired) electrons. The second-order valence-corrected chi connectivity index (χ2v) is 2.04. The van der Waals surface area contributed by atoms with E-state index < -0.39 is 0 Å². The highest BCUT2D eigenvalue weighted by molar-refractivity contribution is 5.77. The van der Waals surface area contributed by atoms with Gasteiger partial charge >= 0.3 is 0 Å². The summed E-state index contributed by atoms with van der Waals surface area (Å²) in [7, 11) is 0. The summed E-state index contributed by atoms with van der Waals surface area (Å²) in [5, 5.41) is 0. The number of alkyl halides is 1. The molecular formula is C7H13FO. The Hall–Kier alpha value is -0.400. The van der Waals surface area contributed by atoms with Crippen LogP contribution in [0, 0.1) is 0 Å². The molecule has 0 atom stereocenters. The van der Waals surface area contributed by atoms with E-state index in [9.17, 15) is 9.18 Å². The van der Waals surface area contributed by atoms with Gasteiger partial charge < -0.3 is 0 Å². The molecule has 0 fully saturated rings. The van der Waals surface area contributed by atoms with E-state index >= 15 is 0 Å². The van der Waals surface area contributed by atoms with Gasteiger partial charge in [0.05, 0.1) is 6.67 Å². The molecule has 0 aliphatic rings. The fraction of sp³-hybridized carbons (Fsp3) is 0.857. The van der Waals surface area contributed by atoms with Gasteiger partial charge in [0, 0.05) is 12.8 Å². The first-order valence-electron chi connectivity index (χ1n) is 3.39. The lowest BCUT2D eigenvalue weighted by molar-refractivity contribution is -0.118. The van der Waals surface area contributed by atoms with Crippen molar-refractivity contribution in [3.05, 3.63) is 0 Å². The molecule has 2 heteroatoms. The van der Waals surface area contributed by atoms with E-state index in [4.69, 9.17) is 0 Å². The van der Waals surface area contributed by atoms with E-state index in [-0.39, 0.29) is 12.5 Å². The summed E-state index contributed by atoms with van der Waals surface area (Å²) >= 11 is 0. The molecule has 0 aromatic rings. The first-order valence-corrected chi connectivity index (χ1v) is 3.39. The van der Waals surface area contributed by atoms with Crippen LogP contribution in [0.15, 0.2) is 0 Å². The summed E-state index contributed by atoms with van der Waals surface area (Å²) in [5.74, 6) is 0.239. The van der Waals surface area contributed by atoms with E-state index in [0.717, 1.165) is 0 Å². The van der Waals surface area contributed by atoms with Gasteiger partial charge in [0.2, 0.25) is 0 Å². The topological polar surface area (TPSA) is 17.1 Å². The maximum atomic E-state index is 11.4. The number of hydrogen-bond acceptors (Lipinski definition) is 1. The number of rotatable bonds is 5. The van der Waals surface area contributed by atoms with Gasteiger partial charge in [0.15, 0.2) is 0 Å². The van der Waals surface area contributed by atoms with Crippen molar-refractivity contribution in [3.63, 3.8) is 0 Å². The molecule has 0 N–H and O–H groups in total. The Morgan fingerprint density at radius 1 is 1.44 bits per heavy atom. The van der Waals surface area contributed by atoms with E-state index in [1.165, 1.54) is 0 Å². The van der Waals surface area contributed by atoms with Crippen LogP contribution in [-0.4, -0.2) is 12.5 Å². The Kier molecular flexibility index (Phi) is 5.48. The van der Waals surface area contributed by atoms with Gasteiger partial charge in [-0.05, 0) is 12.8 Å². The van der Waals surface area contributed by atoms with Crippen LogP contribution in [0.2, 0.25) is 0 Å². The van der Waals surface area contributed by atoms with Crippen molar-refractivity contribution < 1.29 is 9.18 Å². The zero-order chi connectivity index (χ0) is 7.11. The zero-order valence-corrected chi connectivity index (χ0v) is 5.82. The number of carbonyl (C=O) groups excluding carboxylic acids is 1. The maximum Gasteiger partial charge on any atom is 0.132 e. The molecule has 0 aliphatic heterocycles. The zero-order valence-electron chi connectivity index (χ0n) is 5.82. The van der Waals surface area contributed by atoms with Crippen LogP contribution >= 0.6 is 0 Å². The number of halogens is 1. The second kappa shape index (κ2) is 5.73. The molecule has 0 aromatic heterocycles. The van der Waals surface area contributed by atoms with Crippen LogP contribution < -0.4 is 0 Å². The van der Waals surface area contributed by atoms with Crippen LogP contribution in [0.1, 0.15) is 32.6 Å². The maximum absolute atomic E-state index is 11.4. The Bertz CT molecular complexity index is 81.0. The molecule has 0 aromatic carbocycles. The smallest absolute Gasteiger partial charge is 0.132 e. The van der Waals surface area contributed by atoms with Gasteiger partial charge in [-0.1, -0.05) is 6.92 Å². The first kappa shape index (κ1) is 8.60. The van der Waals surface area contributed by atoms with Crippen LogP contribution in [0.3, 0.4) is 0 Å². The van der Waals surface area contributed by atoms with E-state index in [1.54, 1.807) is 0 Å². The summed E-state index contributed by atoms with van der Waals surface area (Å²) in [4.78, 5) is 10.6. The third-order valence-electron chi connectivity index (χ3n) is 1.23. The Balaban J connectivity index is 2.97. The second-order valence-electron chi connectivity index (χ2n) is 2.04. The summed E-state index contributed by atoms with van der Waals surface area (Å²) in [6, 6.07) is 0. The van der Waals surface area contributed by atoms with Crippen LogP contribution in [-0.2, 0) is 4.79 Å². The highest BCUT2D eigenvalue weighted by Gasteiger charge is 1.95. The number of unbranched alkanes of at least 4 members (excludes halogenated alkanes) is 1. The Labute approximate surface area is 55.3 Å². The number of hydrogen-bond donors (Lipinski definition) is 0. The van der Waals surface area contributed by atoms with Gasteiger partial charge in [0.1, 0.15) is 5.78 Å². The third kappa shape index (κ3) is 5.47. The van der Waals surface area contributed by atoms with Gasteiger partial charge in [-0.3, -0.25) is 9.18 Å². The molecule has 0 saturated carbocycles. The van der Waals surface area contributed by atoms with Crippen molar-refractivity contribution in [1.29, 1.82) is 0 Å². The van der Waals surface area contributed by atoms with E-state index in [1.807, 2.05) is 6.92 Å². The van der Waals surface area contributed by atoms with Crippen LogP contribution in [0.4, 0.5) is 4.39 Å². The molecule has 0 saturated heterocycles. The summed E-state index contributed by atoms with van der Waals surface area (Å²) < 4.78 is 11.4. The van der Waals surface area contributed by atoms with E-state index in [2.05, 4.69) is 0 Å². The summed E-state index contributed by atoms with van der Waals surface area (Å²) in [6.07, 6.45) is 2.39. The largest absolute Gasteiger partial charge is 0.300 e. The molecule has 9 heavy (non-hydrogen) atoms. The molecule has 0 unspecified atom stereocenters. The summed E-state index contributed by atoms with van der Waals surface area (Å²) in [5.41, 5.74) is 0. The first-order chi connectivity index (χ1) is 4.31. The number of Topliss-reactive ketones (excluding diaryl/α,β-unsaturated/α-hetero) is 1. The highest BCUT2D eigenvalue weighted by atomic mass is 19.1. The monoisotopic (exact) mass is 132 g/mol. The van der Waals surface area contributed by atoms with Crippen molar-refractivity contribution in [2.75, 3.05) is 6.67 Å². The average Bonchev–Trinajstić information content (AvgIpc) is 1.89. The Morgan fingerprint density at radius 3 is 2.56 bits per heavy atom. The van der Waals surface area contributed by atoms with Crippen LogP contribution in [0.25, 0.3) is 0 Å². The van der Waals surface area contributed by atoms with Gasteiger partial charge in [-0.15, -0.1) is 0 Å². The summed E-state index contributed by atoms with van der Waals surface area (Å²) in [6.45, 7) is 1.54. The normalized spacial score (nSPS) is 9.56. The molecule has 0 aliphatic carbocycles. The van der Waals surface area contributed by atoms with Crippen molar-refractivity contribution in [2.45, 2.75) is 32.6 Å². The van der Waals surface area contributed by atoms with Gasteiger partial charge in [0.25, 0.3) is 0 Å². The lowest BCUT2D eigenvalue weighted by Gasteiger charge is -1.92. The fourth-order valence-corrected chi connectivity index (χ4v) is 0.593. The predicted molar refractivity (Wildman–Crippen MR) is 35.1 cm³/mol. The minimum absolute atomic E-state index is 0.239. The molecule has 1 nitrogen and oxygen atoms in total. The molecular weight excluding hydrogens is 119 g/mol. The number of carbonyl (C=O) groups is 1. The average molecular weight is 132 g/mol. The standard InChI is InChI=1S/C7H13FO/c1-2-7(9)5-3-4-6-8/h2-6H2,1H3. The molecule has 0 rings (SSSR count). The lowest BCUT2D eigenvalue weighted by Crippen LogP contribution is -1.94. The van der Waals surface area contributed by atoms with E-state index in [0.29, 0.717) is 25.7 Å². The van der Waals surface area contributed by atoms with Crippen LogP contribution in [0.5, 0.6) is 0 Å². The van der Waals surface area contributed by atoms with Crippen molar-refractivity contribution in [1.82, 2.24) is 0 Å².